The molecule has 1 aliphatic carbocycles. The highest BCUT2D eigenvalue weighted by molar-refractivity contribution is 5.44. The normalized spacial score (nSPS) is 23.1. The van der Waals surface area contributed by atoms with Crippen molar-refractivity contribution in [3.8, 4) is 11.8 Å². The zero-order valence-corrected chi connectivity index (χ0v) is 11.2. The number of rotatable bonds is 2. The standard InChI is InChI=1S/C15H16F3NO/c1-10-2-5-12(6-3-10)20-13-7-4-11(9-19)14(8-13)15(16,17)18/h4,7-8,10,12H,2-3,5-6H2,1H3/t10-,12+. The second-order valence-electron chi connectivity index (χ2n) is 5.32. The van der Waals surface area contributed by atoms with Crippen molar-refractivity contribution < 1.29 is 17.9 Å². The molecule has 0 amide bonds. The summed E-state index contributed by atoms with van der Waals surface area (Å²) < 4.78 is 44.1. The van der Waals surface area contributed by atoms with Crippen molar-refractivity contribution in [2.24, 2.45) is 5.92 Å². The highest BCUT2D eigenvalue weighted by atomic mass is 19.4. The summed E-state index contributed by atoms with van der Waals surface area (Å²) in [5.74, 6) is 0.845. The van der Waals surface area contributed by atoms with Crippen LogP contribution in [0.5, 0.6) is 5.75 Å². The van der Waals surface area contributed by atoms with Crippen molar-refractivity contribution in [2.45, 2.75) is 44.9 Å². The van der Waals surface area contributed by atoms with E-state index in [2.05, 4.69) is 6.92 Å². The van der Waals surface area contributed by atoms with Gasteiger partial charge in [-0.25, -0.2) is 0 Å². The van der Waals surface area contributed by atoms with E-state index in [-0.39, 0.29) is 17.4 Å². The molecular formula is C15H16F3NO. The van der Waals surface area contributed by atoms with Crippen LogP contribution in [0.4, 0.5) is 13.2 Å². The maximum atomic E-state index is 12.8. The van der Waals surface area contributed by atoms with Crippen LogP contribution in [0.3, 0.4) is 0 Å². The summed E-state index contributed by atoms with van der Waals surface area (Å²) in [6.45, 7) is 2.17. The molecule has 0 radical (unpaired) electrons. The van der Waals surface area contributed by atoms with Gasteiger partial charge in [0.15, 0.2) is 0 Å². The molecule has 2 nitrogen and oxygen atoms in total. The number of hydrogen-bond acceptors (Lipinski definition) is 2. The van der Waals surface area contributed by atoms with Crippen molar-refractivity contribution >= 4 is 0 Å². The molecular weight excluding hydrogens is 267 g/mol. The van der Waals surface area contributed by atoms with E-state index in [9.17, 15) is 13.2 Å². The number of benzene rings is 1. The van der Waals surface area contributed by atoms with E-state index in [0.29, 0.717) is 5.92 Å². The summed E-state index contributed by atoms with van der Waals surface area (Å²) in [7, 11) is 0. The van der Waals surface area contributed by atoms with Gasteiger partial charge in [0.05, 0.1) is 23.3 Å². The fourth-order valence-corrected chi connectivity index (χ4v) is 2.47. The maximum absolute atomic E-state index is 12.8. The average Bonchev–Trinajstić information content (AvgIpc) is 2.40. The molecule has 0 unspecified atom stereocenters. The van der Waals surface area contributed by atoms with E-state index in [1.807, 2.05) is 0 Å². The van der Waals surface area contributed by atoms with Gasteiger partial charge in [-0.2, -0.15) is 18.4 Å². The average molecular weight is 283 g/mol. The number of nitrogens with zero attached hydrogens (tertiary/aromatic N) is 1. The molecule has 1 aromatic carbocycles. The van der Waals surface area contributed by atoms with E-state index in [4.69, 9.17) is 10.00 Å². The largest absolute Gasteiger partial charge is 0.490 e. The highest BCUT2D eigenvalue weighted by Gasteiger charge is 2.34. The molecule has 108 valence electrons. The second kappa shape index (κ2) is 5.74. The Balaban J connectivity index is 2.15. The lowest BCUT2D eigenvalue weighted by molar-refractivity contribution is -0.137. The Morgan fingerprint density at radius 1 is 1.20 bits per heavy atom. The first kappa shape index (κ1) is 14.7. The summed E-state index contributed by atoms with van der Waals surface area (Å²) in [6.07, 6.45) is -0.767. The van der Waals surface area contributed by atoms with Crippen LogP contribution in [0.15, 0.2) is 18.2 Å². The fourth-order valence-electron chi connectivity index (χ4n) is 2.47. The topological polar surface area (TPSA) is 33.0 Å². The predicted molar refractivity (Wildman–Crippen MR) is 68.2 cm³/mol. The Kier molecular flexibility index (Phi) is 4.22. The molecule has 0 aromatic heterocycles. The highest BCUT2D eigenvalue weighted by Crippen LogP contribution is 2.35. The Bertz CT molecular complexity index is 511. The Labute approximate surface area is 116 Å². The van der Waals surface area contributed by atoms with Gasteiger partial charge in [0.25, 0.3) is 0 Å². The van der Waals surface area contributed by atoms with E-state index in [1.165, 1.54) is 12.1 Å². The molecule has 1 aliphatic rings. The third-order valence-electron chi connectivity index (χ3n) is 3.68. The summed E-state index contributed by atoms with van der Waals surface area (Å²) in [5, 5.41) is 8.73. The van der Waals surface area contributed by atoms with E-state index in [1.54, 1.807) is 6.07 Å². The van der Waals surface area contributed by atoms with Gasteiger partial charge in [-0.3, -0.25) is 0 Å². The third-order valence-corrected chi connectivity index (χ3v) is 3.68. The van der Waals surface area contributed by atoms with Crippen molar-refractivity contribution in [2.75, 3.05) is 0 Å². The second-order valence-corrected chi connectivity index (χ2v) is 5.32. The van der Waals surface area contributed by atoms with Crippen LogP contribution < -0.4 is 4.74 Å². The minimum Gasteiger partial charge on any atom is -0.490 e. The minimum absolute atomic E-state index is 0.0276. The lowest BCUT2D eigenvalue weighted by atomic mass is 9.89. The summed E-state index contributed by atoms with van der Waals surface area (Å²) in [5.41, 5.74) is -1.30. The number of hydrogen-bond donors (Lipinski definition) is 0. The maximum Gasteiger partial charge on any atom is 0.417 e. The van der Waals surface area contributed by atoms with Crippen molar-refractivity contribution in [3.05, 3.63) is 29.3 Å². The van der Waals surface area contributed by atoms with Gasteiger partial charge < -0.3 is 4.74 Å². The Morgan fingerprint density at radius 2 is 1.85 bits per heavy atom. The number of nitriles is 1. The number of ether oxygens (including phenoxy) is 1. The van der Waals surface area contributed by atoms with Gasteiger partial charge in [0.1, 0.15) is 5.75 Å². The molecule has 20 heavy (non-hydrogen) atoms. The SMILES string of the molecule is C[C@H]1CC[C@@H](Oc2ccc(C#N)c(C(F)(F)F)c2)CC1. The quantitative estimate of drug-likeness (QED) is 0.798. The molecule has 0 aliphatic heterocycles. The zero-order valence-electron chi connectivity index (χ0n) is 11.2. The lowest BCUT2D eigenvalue weighted by Gasteiger charge is -2.27. The van der Waals surface area contributed by atoms with Gasteiger partial charge in [-0.15, -0.1) is 0 Å². The molecule has 0 saturated heterocycles. The molecule has 0 N–H and O–H groups in total. The Morgan fingerprint density at radius 3 is 2.40 bits per heavy atom. The first-order chi connectivity index (χ1) is 9.40. The summed E-state index contributed by atoms with van der Waals surface area (Å²) in [4.78, 5) is 0. The predicted octanol–water partition coefficient (Wildman–Crippen LogP) is 4.53. The van der Waals surface area contributed by atoms with Crippen LogP contribution in [0.1, 0.15) is 43.7 Å². The fraction of sp³-hybridized carbons (Fsp3) is 0.533. The molecule has 1 fully saturated rings. The molecule has 1 saturated carbocycles. The lowest BCUT2D eigenvalue weighted by Crippen LogP contribution is -2.23. The smallest absolute Gasteiger partial charge is 0.417 e. The zero-order chi connectivity index (χ0) is 14.8. The van der Waals surface area contributed by atoms with E-state index < -0.39 is 11.7 Å². The minimum atomic E-state index is -4.54. The van der Waals surface area contributed by atoms with Gasteiger partial charge in [-0.1, -0.05) is 6.92 Å². The molecule has 0 atom stereocenters. The Hall–Kier alpha value is -1.70. The van der Waals surface area contributed by atoms with Crippen LogP contribution in [0.25, 0.3) is 0 Å². The summed E-state index contributed by atoms with van der Waals surface area (Å²) >= 11 is 0. The van der Waals surface area contributed by atoms with Crippen LogP contribution in [0.2, 0.25) is 0 Å². The van der Waals surface area contributed by atoms with E-state index >= 15 is 0 Å². The molecule has 5 heteroatoms. The van der Waals surface area contributed by atoms with Crippen molar-refractivity contribution in [1.82, 2.24) is 0 Å². The van der Waals surface area contributed by atoms with Crippen LogP contribution >= 0.6 is 0 Å². The molecule has 0 bridgehead atoms. The number of halogens is 3. The molecule has 0 heterocycles. The van der Waals surface area contributed by atoms with Crippen molar-refractivity contribution in [1.29, 1.82) is 5.26 Å². The molecule has 0 spiro atoms. The number of alkyl halides is 3. The van der Waals surface area contributed by atoms with Crippen LogP contribution in [0, 0.1) is 17.2 Å². The van der Waals surface area contributed by atoms with Crippen molar-refractivity contribution in [3.63, 3.8) is 0 Å². The monoisotopic (exact) mass is 283 g/mol. The first-order valence-electron chi connectivity index (χ1n) is 6.68. The summed E-state index contributed by atoms with van der Waals surface area (Å²) in [6, 6.07) is 5.10. The van der Waals surface area contributed by atoms with E-state index in [0.717, 1.165) is 31.7 Å². The molecule has 2 rings (SSSR count). The van der Waals surface area contributed by atoms with Crippen LogP contribution in [-0.2, 0) is 6.18 Å². The van der Waals surface area contributed by atoms with Gasteiger partial charge in [-0.05, 0) is 49.8 Å². The van der Waals surface area contributed by atoms with Gasteiger partial charge in [0, 0.05) is 0 Å². The molecule has 1 aromatic rings. The van der Waals surface area contributed by atoms with Gasteiger partial charge >= 0.3 is 6.18 Å². The first-order valence-corrected chi connectivity index (χ1v) is 6.68. The van der Waals surface area contributed by atoms with Crippen LogP contribution in [-0.4, -0.2) is 6.10 Å². The third kappa shape index (κ3) is 3.44. The van der Waals surface area contributed by atoms with Gasteiger partial charge in [0.2, 0.25) is 0 Å².